The molecule has 0 aromatic carbocycles. The molecular weight excluding hydrogens is 637 g/mol. The number of pyridine rings is 6. The van der Waals surface area contributed by atoms with E-state index in [2.05, 4.69) is 15.0 Å². The van der Waals surface area contributed by atoms with Crippen LogP contribution >= 0.6 is 0 Å². The maximum atomic E-state index is 5.11. The summed E-state index contributed by atoms with van der Waals surface area (Å²) in [5.41, 5.74) is 6.32. The molecule has 12 heteroatoms. The van der Waals surface area contributed by atoms with Gasteiger partial charge in [0.2, 0.25) is 0 Å². The number of rotatable bonds is 6. The highest BCUT2D eigenvalue weighted by Crippen LogP contribution is 2.34. The lowest BCUT2D eigenvalue weighted by Crippen LogP contribution is -2.02. The second-order valence-electron chi connectivity index (χ2n) is 11.7. The summed E-state index contributed by atoms with van der Waals surface area (Å²) in [5, 5.41) is 0. The average molecular weight is 661 g/mol. The Morgan fingerprint density at radius 1 is 0.314 bits per heavy atom. The quantitative estimate of drug-likeness (QED) is 0.185. The van der Waals surface area contributed by atoms with Crippen molar-refractivity contribution in [2.45, 2.75) is 0 Å². The molecule has 12 nitrogen and oxygen atoms in total. The Hall–Kier alpha value is -7.47. The summed E-state index contributed by atoms with van der Waals surface area (Å²) in [6.45, 7) is 0. The average Bonchev–Trinajstić information content (AvgIpc) is 3.91. The molecule has 0 fully saturated rings. The van der Waals surface area contributed by atoms with Gasteiger partial charge >= 0.3 is 0 Å². The van der Waals surface area contributed by atoms with Gasteiger partial charge in [-0.2, -0.15) is 0 Å². The van der Waals surface area contributed by atoms with E-state index in [1.807, 2.05) is 141 Å². The normalized spacial score (nSPS) is 11.5. The summed E-state index contributed by atoms with van der Waals surface area (Å²) >= 11 is 0. The van der Waals surface area contributed by atoms with Gasteiger partial charge < -0.3 is 0 Å². The third-order valence-electron chi connectivity index (χ3n) is 8.60. The van der Waals surface area contributed by atoms with Crippen LogP contribution in [0.2, 0.25) is 0 Å². The van der Waals surface area contributed by atoms with E-state index in [1.54, 1.807) is 18.6 Å². The van der Waals surface area contributed by atoms with Crippen molar-refractivity contribution in [1.29, 1.82) is 0 Å². The van der Waals surface area contributed by atoms with Crippen molar-refractivity contribution < 1.29 is 0 Å². The first-order valence-electron chi connectivity index (χ1n) is 16.2. The van der Waals surface area contributed by atoms with E-state index >= 15 is 0 Å². The lowest BCUT2D eigenvalue weighted by molar-refractivity contribution is 1.05. The fraction of sp³-hybridized carbons (Fsp3) is 0. The number of aromatic nitrogens is 12. The van der Waals surface area contributed by atoms with Crippen LogP contribution in [0.15, 0.2) is 146 Å². The van der Waals surface area contributed by atoms with Crippen LogP contribution in [0.5, 0.6) is 0 Å². The van der Waals surface area contributed by atoms with Crippen LogP contribution in [0.3, 0.4) is 0 Å². The standard InChI is InChI=1S/C39H24N12/c1-7-19-40-25(13-1)37-43-31(28-16-4-10-22-49(28)37)34-46-35(32-29-17-5-11-23-50(29)38(44-32)26-14-2-8-20-41-26)48-36(47-34)33-30-18-6-12-24-51(30)39(45-33)27-15-3-9-21-42-27/h1-24H. The van der Waals surface area contributed by atoms with Crippen LogP contribution < -0.4 is 0 Å². The molecule has 0 spiro atoms. The summed E-state index contributed by atoms with van der Waals surface area (Å²) < 4.78 is 5.99. The first kappa shape index (κ1) is 28.5. The highest BCUT2D eigenvalue weighted by molar-refractivity contribution is 5.84. The van der Waals surface area contributed by atoms with E-state index in [0.29, 0.717) is 52.0 Å². The Balaban J connectivity index is 1.26. The van der Waals surface area contributed by atoms with Crippen molar-refractivity contribution in [2.75, 3.05) is 0 Å². The molecular formula is C39H24N12. The van der Waals surface area contributed by atoms with Gasteiger partial charge in [0.05, 0.1) is 16.6 Å². The molecule has 0 unspecified atom stereocenters. The number of fused-ring (bicyclic) bond motifs is 3. The number of hydrogen-bond acceptors (Lipinski definition) is 9. The molecule has 0 N–H and O–H groups in total. The van der Waals surface area contributed by atoms with Gasteiger partial charge in [0.15, 0.2) is 34.9 Å². The van der Waals surface area contributed by atoms with Gasteiger partial charge in [0, 0.05) is 37.2 Å². The largest absolute Gasteiger partial charge is 0.298 e. The van der Waals surface area contributed by atoms with Gasteiger partial charge in [0.25, 0.3) is 0 Å². The highest BCUT2D eigenvalue weighted by atomic mass is 15.1. The van der Waals surface area contributed by atoms with E-state index in [0.717, 1.165) is 33.6 Å². The summed E-state index contributed by atoms with van der Waals surface area (Å²) in [6.07, 6.45) is 11.1. The predicted octanol–water partition coefficient (Wildman–Crippen LogP) is 7.00. The molecule has 51 heavy (non-hydrogen) atoms. The molecule has 0 bridgehead atoms. The fourth-order valence-corrected chi connectivity index (χ4v) is 6.33. The molecule has 10 heterocycles. The Morgan fingerprint density at radius 2 is 0.627 bits per heavy atom. The molecule has 10 aromatic rings. The second kappa shape index (κ2) is 11.6. The van der Waals surface area contributed by atoms with Crippen molar-refractivity contribution in [2.24, 2.45) is 0 Å². The lowest BCUT2D eigenvalue weighted by atomic mass is 10.2. The van der Waals surface area contributed by atoms with Crippen molar-refractivity contribution in [1.82, 2.24) is 58.1 Å². The minimum Gasteiger partial charge on any atom is -0.298 e. The zero-order chi connectivity index (χ0) is 33.7. The third kappa shape index (κ3) is 4.73. The van der Waals surface area contributed by atoms with Gasteiger partial charge in [0.1, 0.15) is 34.2 Å². The third-order valence-corrected chi connectivity index (χ3v) is 8.60. The van der Waals surface area contributed by atoms with E-state index < -0.39 is 0 Å². The van der Waals surface area contributed by atoms with Gasteiger partial charge in [-0.3, -0.25) is 28.2 Å². The predicted molar refractivity (Wildman–Crippen MR) is 192 cm³/mol. The molecule has 0 radical (unpaired) electrons. The zero-order valence-electron chi connectivity index (χ0n) is 26.7. The van der Waals surface area contributed by atoms with E-state index in [-0.39, 0.29) is 0 Å². The van der Waals surface area contributed by atoms with Gasteiger partial charge in [-0.15, -0.1) is 0 Å². The summed E-state index contributed by atoms with van der Waals surface area (Å²) in [4.78, 5) is 44.4. The van der Waals surface area contributed by atoms with Crippen LogP contribution in [-0.2, 0) is 0 Å². The molecule has 0 atom stereocenters. The van der Waals surface area contributed by atoms with Gasteiger partial charge in [-0.05, 0) is 72.8 Å². The first-order chi connectivity index (χ1) is 25.3. The van der Waals surface area contributed by atoms with Crippen LogP contribution in [0.4, 0.5) is 0 Å². The maximum absolute atomic E-state index is 5.11. The molecule has 10 rings (SSSR count). The molecule has 0 saturated carbocycles. The molecule has 10 aromatic heterocycles. The zero-order valence-corrected chi connectivity index (χ0v) is 26.7. The summed E-state index contributed by atoms with van der Waals surface area (Å²) in [5.74, 6) is 3.11. The Labute approximate surface area is 289 Å². The fourth-order valence-electron chi connectivity index (χ4n) is 6.33. The van der Waals surface area contributed by atoms with Gasteiger partial charge in [-0.1, -0.05) is 36.4 Å². The molecule has 0 aliphatic carbocycles. The molecule has 0 aliphatic heterocycles. The van der Waals surface area contributed by atoms with Crippen LogP contribution in [-0.4, -0.2) is 58.1 Å². The van der Waals surface area contributed by atoms with Crippen LogP contribution in [0.1, 0.15) is 0 Å². The maximum Gasteiger partial charge on any atom is 0.184 e. The summed E-state index contributed by atoms with van der Waals surface area (Å²) in [7, 11) is 0. The number of hydrogen-bond donors (Lipinski definition) is 0. The monoisotopic (exact) mass is 660 g/mol. The van der Waals surface area contributed by atoms with E-state index in [1.165, 1.54) is 0 Å². The summed E-state index contributed by atoms with van der Waals surface area (Å²) in [6, 6.07) is 35.0. The van der Waals surface area contributed by atoms with E-state index in [4.69, 9.17) is 29.9 Å². The van der Waals surface area contributed by atoms with Crippen molar-refractivity contribution in [3.8, 4) is 69.1 Å². The number of nitrogens with zero attached hydrogens (tertiary/aromatic N) is 12. The molecule has 0 amide bonds. The van der Waals surface area contributed by atoms with Crippen molar-refractivity contribution in [3.05, 3.63) is 146 Å². The van der Waals surface area contributed by atoms with Gasteiger partial charge in [-0.25, -0.2) is 29.9 Å². The minimum atomic E-state index is 0.369. The second-order valence-corrected chi connectivity index (χ2v) is 11.7. The molecule has 0 aliphatic rings. The first-order valence-corrected chi connectivity index (χ1v) is 16.2. The topological polar surface area (TPSA) is 129 Å². The van der Waals surface area contributed by atoms with Crippen molar-refractivity contribution >= 4 is 16.6 Å². The smallest absolute Gasteiger partial charge is 0.184 e. The van der Waals surface area contributed by atoms with Crippen LogP contribution in [0, 0.1) is 0 Å². The Bertz CT molecular complexity index is 2540. The van der Waals surface area contributed by atoms with Crippen LogP contribution in [0.25, 0.3) is 85.7 Å². The molecule has 0 saturated heterocycles. The lowest BCUT2D eigenvalue weighted by Gasteiger charge is -2.05. The highest BCUT2D eigenvalue weighted by Gasteiger charge is 2.25. The SMILES string of the molecule is c1ccc(-c2nc(-c3nc(-c4nc(-c5ccccn5)n5ccccc45)nc(-c4nc(-c5ccccn5)n5ccccc45)n3)c3ccccn23)nc1. The number of imidazole rings is 3. The van der Waals surface area contributed by atoms with Crippen molar-refractivity contribution in [3.63, 3.8) is 0 Å². The molecule has 240 valence electrons. The van der Waals surface area contributed by atoms with E-state index in [9.17, 15) is 0 Å². The Kier molecular flexibility index (Phi) is 6.49. The Morgan fingerprint density at radius 3 is 0.922 bits per heavy atom. The minimum absolute atomic E-state index is 0.369.